The van der Waals surface area contributed by atoms with Crippen molar-refractivity contribution in [3.8, 4) is 0 Å². The largest absolute Gasteiger partial charge is 0.324 e. The average Bonchev–Trinajstić information content (AvgIpc) is 3.00. The maximum absolute atomic E-state index is 12.7. The first-order valence-corrected chi connectivity index (χ1v) is 9.80. The van der Waals surface area contributed by atoms with Crippen LogP contribution in [0.25, 0.3) is 10.2 Å². The Kier molecular flexibility index (Phi) is 4.65. The van der Waals surface area contributed by atoms with Crippen LogP contribution in [0.15, 0.2) is 29.1 Å². The normalized spacial score (nSPS) is 17.3. The number of nitrogens with one attached hydrogen (secondary N) is 2. The van der Waals surface area contributed by atoms with E-state index in [1.165, 1.54) is 0 Å². The van der Waals surface area contributed by atoms with Crippen LogP contribution in [-0.2, 0) is 0 Å². The summed E-state index contributed by atoms with van der Waals surface area (Å²) in [5.41, 5.74) is 2.33. The molecule has 2 N–H and O–H groups in total. The summed E-state index contributed by atoms with van der Waals surface area (Å²) in [6.07, 6.45) is 1.81. The third-order valence-corrected chi connectivity index (χ3v) is 5.69. The molecule has 0 aliphatic carbocycles. The van der Waals surface area contributed by atoms with E-state index in [9.17, 15) is 9.59 Å². The fraction of sp³-hybridized carbons (Fsp3) is 0.368. The van der Waals surface area contributed by atoms with E-state index in [1.807, 2.05) is 25.1 Å². The van der Waals surface area contributed by atoms with Gasteiger partial charge >= 0.3 is 6.03 Å². The van der Waals surface area contributed by atoms with Crippen LogP contribution in [-0.4, -0.2) is 39.0 Å². The molecule has 3 aromatic rings. The third kappa shape index (κ3) is 3.85. The molecule has 140 valence electrons. The zero-order valence-electron chi connectivity index (χ0n) is 15.3. The lowest BCUT2D eigenvalue weighted by Gasteiger charge is -2.32. The van der Waals surface area contributed by atoms with Gasteiger partial charge in [-0.1, -0.05) is 0 Å². The zero-order valence-corrected chi connectivity index (χ0v) is 16.1. The number of amides is 2. The van der Waals surface area contributed by atoms with Crippen LogP contribution >= 0.6 is 11.3 Å². The van der Waals surface area contributed by atoms with Crippen LogP contribution < -0.4 is 10.9 Å². The Hall–Kier alpha value is -2.74. The first kappa shape index (κ1) is 17.7. The monoisotopic (exact) mass is 383 g/mol. The number of anilines is 1. The molecule has 2 amide bonds. The smallest absolute Gasteiger partial charge is 0.321 e. The van der Waals surface area contributed by atoms with Gasteiger partial charge < -0.3 is 15.2 Å². The molecule has 7 nitrogen and oxygen atoms in total. The van der Waals surface area contributed by atoms with Gasteiger partial charge in [0.25, 0.3) is 5.56 Å². The molecule has 1 aliphatic rings. The van der Waals surface area contributed by atoms with E-state index in [-0.39, 0.29) is 17.5 Å². The lowest BCUT2D eigenvalue weighted by atomic mass is 9.94. The van der Waals surface area contributed by atoms with Gasteiger partial charge in [0, 0.05) is 30.8 Å². The third-order valence-electron chi connectivity index (χ3n) is 4.75. The molecular weight excluding hydrogens is 362 g/mol. The molecule has 1 aliphatic heterocycles. The van der Waals surface area contributed by atoms with E-state index < -0.39 is 0 Å². The van der Waals surface area contributed by atoms with Crippen molar-refractivity contribution in [2.75, 3.05) is 18.4 Å². The number of aromatic amines is 1. The van der Waals surface area contributed by atoms with Crippen LogP contribution in [0.4, 0.5) is 10.5 Å². The van der Waals surface area contributed by atoms with Crippen molar-refractivity contribution >= 4 is 33.3 Å². The van der Waals surface area contributed by atoms with Crippen molar-refractivity contribution < 1.29 is 4.79 Å². The summed E-state index contributed by atoms with van der Waals surface area (Å²) in [7, 11) is 0. The number of nitrogens with zero attached hydrogens (tertiary/aromatic N) is 3. The fourth-order valence-corrected chi connectivity index (χ4v) is 4.40. The number of H-pyrrole nitrogens is 1. The van der Waals surface area contributed by atoms with Gasteiger partial charge in [0.2, 0.25) is 0 Å². The summed E-state index contributed by atoms with van der Waals surface area (Å²) in [6, 6.07) is 7.18. The first-order chi connectivity index (χ1) is 13.0. The second kappa shape index (κ2) is 7.11. The number of carbonyl (C=O) groups excluding carboxylic acids is 1. The number of hydrogen-bond donors (Lipinski definition) is 2. The molecule has 0 unspecified atom stereocenters. The van der Waals surface area contributed by atoms with Crippen LogP contribution in [0, 0.1) is 13.8 Å². The Labute approximate surface area is 160 Å². The molecule has 1 aromatic carbocycles. The average molecular weight is 383 g/mol. The highest BCUT2D eigenvalue weighted by molar-refractivity contribution is 7.18. The highest BCUT2D eigenvalue weighted by Crippen LogP contribution is 2.27. The summed E-state index contributed by atoms with van der Waals surface area (Å²) < 4.78 is 1.06. The Morgan fingerprint density at radius 3 is 2.96 bits per heavy atom. The number of aromatic nitrogens is 3. The summed E-state index contributed by atoms with van der Waals surface area (Å²) in [4.78, 5) is 37.8. The number of carbonyl (C=O) groups is 1. The van der Waals surface area contributed by atoms with E-state index in [0.717, 1.165) is 39.4 Å². The number of aryl methyl sites for hydroxylation is 2. The molecule has 1 atom stereocenters. The second-order valence-corrected chi connectivity index (χ2v) is 8.12. The molecule has 3 heterocycles. The molecule has 0 bridgehead atoms. The number of hydrogen-bond acceptors (Lipinski definition) is 5. The Balaban J connectivity index is 1.48. The van der Waals surface area contributed by atoms with Gasteiger partial charge in [-0.25, -0.2) is 14.8 Å². The van der Waals surface area contributed by atoms with Gasteiger partial charge in [0.15, 0.2) is 0 Å². The Morgan fingerprint density at radius 1 is 1.30 bits per heavy atom. The topological polar surface area (TPSA) is 91.0 Å². The predicted octanol–water partition coefficient (Wildman–Crippen LogP) is 3.41. The van der Waals surface area contributed by atoms with Crippen molar-refractivity contribution in [1.29, 1.82) is 0 Å². The summed E-state index contributed by atoms with van der Waals surface area (Å²) in [5.74, 6) is 0.685. The van der Waals surface area contributed by atoms with E-state index in [2.05, 4.69) is 20.3 Å². The van der Waals surface area contributed by atoms with Crippen molar-refractivity contribution in [2.45, 2.75) is 32.6 Å². The fourth-order valence-electron chi connectivity index (χ4n) is 3.53. The highest BCUT2D eigenvalue weighted by atomic mass is 32.1. The number of likely N-dealkylation sites (tertiary alicyclic amines) is 1. The minimum atomic E-state index is -0.146. The summed E-state index contributed by atoms with van der Waals surface area (Å²) >= 11 is 1.61. The van der Waals surface area contributed by atoms with Gasteiger partial charge in [-0.15, -0.1) is 11.3 Å². The van der Waals surface area contributed by atoms with Gasteiger partial charge in [-0.05, 0) is 44.9 Å². The molecule has 27 heavy (non-hydrogen) atoms. The molecule has 2 aromatic heterocycles. The summed E-state index contributed by atoms with van der Waals surface area (Å²) in [6.45, 7) is 5.01. The minimum absolute atomic E-state index is 0.0807. The summed E-state index contributed by atoms with van der Waals surface area (Å²) in [5, 5.41) is 3.99. The van der Waals surface area contributed by atoms with Crippen molar-refractivity contribution in [1.82, 2.24) is 19.9 Å². The lowest BCUT2D eigenvalue weighted by molar-refractivity contribution is 0.192. The van der Waals surface area contributed by atoms with E-state index >= 15 is 0 Å². The van der Waals surface area contributed by atoms with Crippen LogP contribution in [0.1, 0.15) is 35.3 Å². The van der Waals surface area contributed by atoms with Crippen LogP contribution in [0.3, 0.4) is 0 Å². The standard InChI is InChI=1S/C19H21N5O2S/c1-11-20-16(9-18(25)21-11)13-4-3-7-24(10-13)19(26)23-14-5-6-15-17(8-14)27-12(2)22-15/h5-6,8-9,13H,3-4,7,10H2,1-2H3,(H,23,26)(H,20,21,25)/t13-/m1/s1. The molecule has 8 heteroatoms. The minimum Gasteiger partial charge on any atom is -0.324 e. The number of fused-ring (bicyclic) bond motifs is 1. The van der Waals surface area contributed by atoms with Gasteiger partial charge in [-0.2, -0.15) is 0 Å². The van der Waals surface area contributed by atoms with Crippen molar-refractivity contribution in [3.63, 3.8) is 0 Å². The molecule has 0 radical (unpaired) electrons. The Morgan fingerprint density at radius 2 is 2.15 bits per heavy atom. The van der Waals surface area contributed by atoms with Crippen LogP contribution in [0.2, 0.25) is 0 Å². The van der Waals surface area contributed by atoms with Crippen molar-refractivity contribution in [3.05, 3.63) is 51.1 Å². The molecule has 4 rings (SSSR count). The second-order valence-electron chi connectivity index (χ2n) is 6.89. The molecular formula is C19H21N5O2S. The molecule has 0 spiro atoms. The van der Waals surface area contributed by atoms with Gasteiger partial charge in [0.05, 0.1) is 20.9 Å². The highest BCUT2D eigenvalue weighted by Gasteiger charge is 2.26. The van der Waals surface area contributed by atoms with E-state index in [0.29, 0.717) is 18.9 Å². The molecule has 1 fully saturated rings. The maximum Gasteiger partial charge on any atom is 0.321 e. The van der Waals surface area contributed by atoms with Crippen molar-refractivity contribution in [2.24, 2.45) is 0 Å². The number of benzene rings is 1. The quantitative estimate of drug-likeness (QED) is 0.709. The Bertz CT molecular complexity index is 1060. The SMILES string of the molecule is Cc1nc([C@@H]2CCCN(C(=O)Nc3ccc4nc(C)sc4c3)C2)cc(=O)[nH]1. The van der Waals surface area contributed by atoms with E-state index in [1.54, 1.807) is 29.2 Å². The zero-order chi connectivity index (χ0) is 19.0. The lowest BCUT2D eigenvalue weighted by Crippen LogP contribution is -2.42. The first-order valence-electron chi connectivity index (χ1n) is 8.99. The van der Waals surface area contributed by atoms with Crippen LogP contribution in [0.5, 0.6) is 0 Å². The number of thiazole rings is 1. The maximum atomic E-state index is 12.7. The molecule has 0 saturated carbocycles. The van der Waals surface area contributed by atoms with Gasteiger partial charge in [-0.3, -0.25) is 4.79 Å². The van der Waals surface area contributed by atoms with Gasteiger partial charge in [0.1, 0.15) is 5.82 Å². The predicted molar refractivity (Wildman–Crippen MR) is 107 cm³/mol. The molecule has 1 saturated heterocycles. The number of urea groups is 1. The number of rotatable bonds is 2. The number of piperidine rings is 1. The van der Waals surface area contributed by atoms with E-state index in [4.69, 9.17) is 0 Å².